The molecule has 1 N–H and O–H groups in total. The zero-order valence-corrected chi connectivity index (χ0v) is 15.1. The van der Waals surface area contributed by atoms with E-state index in [2.05, 4.69) is 59.2 Å². The molecule has 1 unspecified atom stereocenters. The summed E-state index contributed by atoms with van der Waals surface area (Å²) in [6, 6.07) is 29.0. The Kier molecular flexibility index (Phi) is 5.04. The molecular weight excluding hydrogens is 340 g/mol. The first-order valence-electron chi connectivity index (χ1n) is 8.69. The van der Waals surface area contributed by atoms with Crippen molar-refractivity contribution in [1.29, 1.82) is 0 Å². The van der Waals surface area contributed by atoms with Gasteiger partial charge >= 0.3 is 0 Å². The van der Waals surface area contributed by atoms with Gasteiger partial charge in [0.05, 0.1) is 22.9 Å². The summed E-state index contributed by atoms with van der Waals surface area (Å²) in [7, 11) is 0. The van der Waals surface area contributed by atoms with Gasteiger partial charge in [-0.1, -0.05) is 60.7 Å². The molecule has 26 heavy (non-hydrogen) atoms. The van der Waals surface area contributed by atoms with Gasteiger partial charge in [0.1, 0.15) is 5.82 Å². The molecule has 0 saturated carbocycles. The molecule has 4 heteroatoms. The second-order valence-corrected chi connectivity index (χ2v) is 7.23. The van der Waals surface area contributed by atoms with Crippen LogP contribution in [-0.2, 0) is 6.54 Å². The van der Waals surface area contributed by atoms with E-state index in [4.69, 9.17) is 4.98 Å². The molecule has 1 heterocycles. The van der Waals surface area contributed by atoms with E-state index in [-0.39, 0.29) is 11.9 Å². The van der Waals surface area contributed by atoms with Crippen molar-refractivity contribution < 1.29 is 5.11 Å². The lowest BCUT2D eigenvalue weighted by molar-refractivity contribution is 0.276. The van der Waals surface area contributed by atoms with Crippen molar-refractivity contribution in [2.75, 3.05) is 6.61 Å². The van der Waals surface area contributed by atoms with Gasteiger partial charge in [0.2, 0.25) is 0 Å². The minimum atomic E-state index is 0.0533. The number of thioether (sulfide) groups is 1. The molecule has 130 valence electrons. The molecule has 4 aromatic rings. The van der Waals surface area contributed by atoms with E-state index in [1.54, 1.807) is 11.8 Å². The van der Waals surface area contributed by atoms with Crippen LogP contribution in [0.4, 0.5) is 0 Å². The Bertz CT molecular complexity index is 983. The third-order valence-electron chi connectivity index (χ3n) is 4.34. The minimum Gasteiger partial charge on any atom is -0.395 e. The number of aromatic nitrogens is 2. The number of benzene rings is 3. The highest BCUT2D eigenvalue weighted by Crippen LogP contribution is 2.40. The Balaban J connectivity index is 1.86. The number of hydrogen-bond acceptors (Lipinski definition) is 3. The third kappa shape index (κ3) is 3.39. The van der Waals surface area contributed by atoms with Gasteiger partial charge in [0.25, 0.3) is 0 Å². The molecule has 0 saturated heterocycles. The molecule has 1 atom stereocenters. The van der Waals surface area contributed by atoms with Gasteiger partial charge in [-0.15, -0.1) is 11.8 Å². The fourth-order valence-electron chi connectivity index (χ4n) is 3.16. The van der Waals surface area contributed by atoms with Crippen molar-refractivity contribution in [3.63, 3.8) is 0 Å². The van der Waals surface area contributed by atoms with Crippen molar-refractivity contribution >= 4 is 22.8 Å². The highest BCUT2D eigenvalue weighted by atomic mass is 32.2. The van der Waals surface area contributed by atoms with Crippen LogP contribution in [0.2, 0.25) is 0 Å². The van der Waals surface area contributed by atoms with Gasteiger partial charge in [-0.3, -0.25) is 0 Å². The van der Waals surface area contributed by atoms with E-state index in [0.717, 1.165) is 16.9 Å². The molecule has 0 bridgehead atoms. The third-order valence-corrected chi connectivity index (χ3v) is 5.60. The molecule has 1 aromatic heterocycles. The van der Waals surface area contributed by atoms with Crippen molar-refractivity contribution in [2.45, 2.75) is 16.7 Å². The van der Waals surface area contributed by atoms with Gasteiger partial charge in [-0.2, -0.15) is 0 Å². The topological polar surface area (TPSA) is 38.0 Å². The molecule has 3 aromatic carbocycles. The Morgan fingerprint density at radius 3 is 2.23 bits per heavy atom. The molecular formula is C22H20N2OS. The van der Waals surface area contributed by atoms with Gasteiger partial charge in [-0.05, 0) is 29.8 Å². The Morgan fingerprint density at radius 1 is 0.846 bits per heavy atom. The maximum Gasteiger partial charge on any atom is 0.128 e. The van der Waals surface area contributed by atoms with Crippen LogP contribution in [-0.4, -0.2) is 21.3 Å². The van der Waals surface area contributed by atoms with E-state index >= 15 is 0 Å². The summed E-state index contributed by atoms with van der Waals surface area (Å²) in [6.07, 6.45) is 0. The number of aliphatic hydroxyl groups is 1. The van der Waals surface area contributed by atoms with Gasteiger partial charge in [0.15, 0.2) is 0 Å². The molecule has 3 nitrogen and oxygen atoms in total. The fraction of sp³-hybridized carbons (Fsp3) is 0.136. The highest BCUT2D eigenvalue weighted by molar-refractivity contribution is 7.99. The summed E-state index contributed by atoms with van der Waals surface area (Å²) in [5.74, 6) is 0.973. The lowest BCUT2D eigenvalue weighted by Gasteiger charge is -2.18. The first kappa shape index (κ1) is 16.9. The predicted molar refractivity (Wildman–Crippen MR) is 107 cm³/mol. The second kappa shape index (κ2) is 7.77. The number of aliphatic hydroxyl groups excluding tert-OH is 1. The van der Waals surface area contributed by atoms with Crippen molar-refractivity contribution in [3.8, 4) is 0 Å². The number of rotatable bonds is 6. The minimum absolute atomic E-state index is 0.0533. The van der Waals surface area contributed by atoms with Gasteiger partial charge < -0.3 is 9.67 Å². The summed E-state index contributed by atoms with van der Waals surface area (Å²) in [5.41, 5.74) is 3.23. The summed E-state index contributed by atoms with van der Waals surface area (Å²) >= 11 is 1.79. The molecule has 0 amide bonds. The lowest BCUT2D eigenvalue weighted by Crippen LogP contribution is -2.10. The Hall–Kier alpha value is -2.56. The van der Waals surface area contributed by atoms with Crippen LogP contribution in [0.3, 0.4) is 0 Å². The second-order valence-electron chi connectivity index (χ2n) is 6.06. The highest BCUT2D eigenvalue weighted by Gasteiger charge is 2.23. The average molecular weight is 360 g/mol. The number of hydrogen-bond donors (Lipinski definition) is 1. The van der Waals surface area contributed by atoms with Crippen LogP contribution < -0.4 is 0 Å². The smallest absolute Gasteiger partial charge is 0.128 e. The summed E-state index contributed by atoms with van der Waals surface area (Å²) < 4.78 is 2.14. The van der Waals surface area contributed by atoms with Crippen molar-refractivity contribution in [2.24, 2.45) is 0 Å². The monoisotopic (exact) mass is 360 g/mol. The van der Waals surface area contributed by atoms with Crippen LogP contribution in [0.25, 0.3) is 11.0 Å². The first-order chi connectivity index (χ1) is 12.9. The molecule has 4 rings (SSSR count). The first-order valence-corrected chi connectivity index (χ1v) is 9.57. The maximum absolute atomic E-state index is 9.61. The molecule has 0 radical (unpaired) electrons. The van der Waals surface area contributed by atoms with Crippen LogP contribution in [0, 0.1) is 0 Å². The number of para-hydroxylation sites is 2. The van der Waals surface area contributed by atoms with E-state index < -0.39 is 0 Å². The molecule has 0 aliphatic heterocycles. The van der Waals surface area contributed by atoms with Gasteiger partial charge in [-0.25, -0.2) is 4.98 Å². The zero-order valence-electron chi connectivity index (χ0n) is 14.3. The Morgan fingerprint density at radius 2 is 1.50 bits per heavy atom. The largest absolute Gasteiger partial charge is 0.395 e. The summed E-state index contributed by atoms with van der Waals surface area (Å²) in [4.78, 5) is 6.13. The van der Waals surface area contributed by atoms with Crippen LogP contribution in [0.5, 0.6) is 0 Å². The normalized spacial score (nSPS) is 12.3. The quantitative estimate of drug-likeness (QED) is 0.497. The number of fused-ring (bicyclic) bond motifs is 1. The lowest BCUT2D eigenvalue weighted by atomic mass is 10.1. The molecule has 0 fully saturated rings. The average Bonchev–Trinajstić information content (AvgIpc) is 3.06. The van der Waals surface area contributed by atoms with Crippen molar-refractivity contribution in [1.82, 2.24) is 9.55 Å². The van der Waals surface area contributed by atoms with Gasteiger partial charge in [0, 0.05) is 11.4 Å². The number of nitrogens with zero attached hydrogens (tertiary/aromatic N) is 2. The van der Waals surface area contributed by atoms with Crippen LogP contribution >= 0.6 is 11.8 Å². The maximum atomic E-state index is 9.61. The SMILES string of the molecule is OCCn1c(C(Sc2ccccc2)c2ccccc2)nc2ccccc21. The summed E-state index contributed by atoms with van der Waals surface area (Å²) in [5, 5.41) is 9.66. The number of imidazole rings is 1. The standard InChI is InChI=1S/C22H20N2OS/c25-16-15-24-20-14-8-7-13-19(20)23-22(24)21(17-9-3-1-4-10-17)26-18-11-5-2-6-12-18/h1-14,21,25H,15-16H2. The van der Waals surface area contributed by atoms with E-state index in [1.807, 2.05) is 30.3 Å². The van der Waals surface area contributed by atoms with E-state index in [0.29, 0.717) is 6.54 Å². The molecule has 0 aliphatic rings. The Labute approximate surface area is 157 Å². The van der Waals surface area contributed by atoms with E-state index in [1.165, 1.54) is 10.5 Å². The fourth-order valence-corrected chi connectivity index (χ4v) is 4.33. The molecule has 0 spiro atoms. The zero-order chi connectivity index (χ0) is 17.8. The summed E-state index contributed by atoms with van der Waals surface area (Å²) in [6.45, 7) is 0.624. The van der Waals surface area contributed by atoms with Crippen LogP contribution in [0.15, 0.2) is 89.8 Å². The van der Waals surface area contributed by atoms with Crippen molar-refractivity contribution in [3.05, 3.63) is 96.3 Å². The van der Waals surface area contributed by atoms with E-state index in [9.17, 15) is 5.11 Å². The molecule has 0 aliphatic carbocycles. The predicted octanol–water partition coefficient (Wildman–Crippen LogP) is 4.91. The van der Waals surface area contributed by atoms with Crippen LogP contribution in [0.1, 0.15) is 16.6 Å².